The van der Waals surface area contributed by atoms with E-state index >= 15 is 0 Å². The minimum atomic E-state index is -0.188. The number of thiazole rings is 1. The van der Waals surface area contributed by atoms with E-state index in [9.17, 15) is 4.79 Å². The molecule has 1 amide bonds. The molecule has 4 nitrogen and oxygen atoms in total. The Hall–Kier alpha value is -1.19. The van der Waals surface area contributed by atoms with Gasteiger partial charge in [-0.1, -0.05) is 11.3 Å². The molecule has 0 aliphatic heterocycles. The Morgan fingerprint density at radius 3 is 2.90 bits per heavy atom. The van der Waals surface area contributed by atoms with E-state index < -0.39 is 0 Å². The van der Waals surface area contributed by atoms with Gasteiger partial charge in [0.15, 0.2) is 5.13 Å². The topological polar surface area (TPSA) is 68.0 Å². The van der Waals surface area contributed by atoms with Gasteiger partial charge in [-0.3, -0.25) is 10.1 Å². The van der Waals surface area contributed by atoms with Crippen LogP contribution >= 0.6 is 49.9 Å². The molecule has 0 bridgehead atoms. The molecule has 2 aromatic carbocycles. The van der Waals surface area contributed by atoms with E-state index in [0.717, 1.165) is 18.3 Å². The highest BCUT2D eigenvalue weighted by Crippen LogP contribution is 2.28. The van der Waals surface area contributed by atoms with Crippen LogP contribution in [0.1, 0.15) is 10.4 Å². The lowest BCUT2D eigenvalue weighted by atomic mass is 10.2. The van der Waals surface area contributed by atoms with Crippen LogP contribution in [0.15, 0.2) is 40.9 Å². The van der Waals surface area contributed by atoms with E-state index in [2.05, 4.69) is 48.8 Å². The average Bonchev–Trinajstić information content (AvgIpc) is 2.82. The molecule has 1 aromatic heterocycles. The highest BCUT2D eigenvalue weighted by molar-refractivity contribution is 14.1. The zero-order valence-corrected chi connectivity index (χ0v) is 15.1. The van der Waals surface area contributed by atoms with Crippen molar-refractivity contribution >= 4 is 76.8 Å². The molecular formula is C14H9BrIN3OS. The molecule has 0 radical (unpaired) electrons. The van der Waals surface area contributed by atoms with Crippen LogP contribution in [0.25, 0.3) is 10.2 Å². The van der Waals surface area contributed by atoms with E-state index in [1.165, 1.54) is 11.3 Å². The lowest BCUT2D eigenvalue weighted by Gasteiger charge is -2.04. The second kappa shape index (κ2) is 5.90. The van der Waals surface area contributed by atoms with Crippen LogP contribution in [-0.2, 0) is 0 Å². The molecule has 0 spiro atoms. The fourth-order valence-corrected chi connectivity index (χ4v) is 3.66. The Morgan fingerprint density at radius 2 is 2.10 bits per heavy atom. The molecule has 3 rings (SSSR count). The Bertz CT molecular complexity index is 849. The van der Waals surface area contributed by atoms with Gasteiger partial charge >= 0.3 is 0 Å². The third-order valence-corrected chi connectivity index (χ3v) is 5.10. The molecular weight excluding hydrogens is 465 g/mol. The number of halogens is 2. The first-order valence-electron chi connectivity index (χ1n) is 5.95. The maximum Gasteiger partial charge on any atom is 0.258 e. The lowest BCUT2D eigenvalue weighted by Crippen LogP contribution is -2.12. The molecule has 3 aromatic rings. The number of carbonyl (C=O) groups is 1. The highest BCUT2D eigenvalue weighted by atomic mass is 127. The molecule has 0 fully saturated rings. The number of carbonyl (C=O) groups excluding carboxylic acids is 1. The first-order valence-corrected chi connectivity index (χ1v) is 8.64. The summed E-state index contributed by atoms with van der Waals surface area (Å²) < 4.78 is 2.70. The number of nitrogens with two attached hydrogens (primary N) is 1. The van der Waals surface area contributed by atoms with Gasteiger partial charge in [0, 0.05) is 13.7 Å². The number of hydrogen-bond acceptors (Lipinski definition) is 4. The fraction of sp³-hybridized carbons (Fsp3) is 0. The monoisotopic (exact) mass is 473 g/mol. The number of anilines is 2. The molecule has 106 valence electrons. The predicted molar refractivity (Wildman–Crippen MR) is 98.8 cm³/mol. The Kier molecular flexibility index (Phi) is 4.14. The van der Waals surface area contributed by atoms with E-state index in [-0.39, 0.29) is 5.91 Å². The number of hydrogen-bond donors (Lipinski definition) is 2. The van der Waals surface area contributed by atoms with Crippen molar-refractivity contribution in [1.29, 1.82) is 0 Å². The number of benzene rings is 2. The minimum Gasteiger partial charge on any atom is -0.399 e. The molecule has 0 saturated carbocycles. The Balaban J connectivity index is 1.90. The molecule has 0 atom stereocenters. The largest absolute Gasteiger partial charge is 0.399 e. The standard InChI is InChI=1S/C14H9BrIN3OS/c15-10-3-1-7(16)5-9(10)13(20)19-14-18-11-4-2-8(17)6-12(11)21-14/h1-6H,17H2,(H,18,19,20). The molecule has 0 saturated heterocycles. The minimum absolute atomic E-state index is 0.188. The fourth-order valence-electron chi connectivity index (χ4n) is 1.83. The molecule has 7 heteroatoms. The summed E-state index contributed by atoms with van der Waals surface area (Å²) in [5.74, 6) is -0.188. The van der Waals surface area contributed by atoms with E-state index in [1.54, 1.807) is 6.07 Å². The Labute approximate surface area is 147 Å². The van der Waals surface area contributed by atoms with Crippen molar-refractivity contribution < 1.29 is 4.79 Å². The van der Waals surface area contributed by atoms with Crippen molar-refractivity contribution in [2.45, 2.75) is 0 Å². The first-order chi connectivity index (χ1) is 10.0. The maximum absolute atomic E-state index is 12.3. The van der Waals surface area contributed by atoms with Crippen molar-refractivity contribution in [1.82, 2.24) is 4.98 Å². The summed E-state index contributed by atoms with van der Waals surface area (Å²) in [7, 11) is 0. The summed E-state index contributed by atoms with van der Waals surface area (Å²) >= 11 is 6.97. The third-order valence-electron chi connectivity index (χ3n) is 2.81. The van der Waals surface area contributed by atoms with Gasteiger partial charge < -0.3 is 5.73 Å². The van der Waals surface area contributed by atoms with Crippen molar-refractivity contribution in [2.24, 2.45) is 0 Å². The summed E-state index contributed by atoms with van der Waals surface area (Å²) in [6, 6.07) is 11.1. The second-order valence-electron chi connectivity index (χ2n) is 4.32. The van der Waals surface area contributed by atoms with Crippen LogP contribution in [-0.4, -0.2) is 10.9 Å². The molecule has 0 aliphatic carbocycles. The van der Waals surface area contributed by atoms with Gasteiger partial charge in [-0.2, -0.15) is 0 Å². The Morgan fingerprint density at radius 1 is 1.29 bits per heavy atom. The third kappa shape index (κ3) is 3.19. The highest BCUT2D eigenvalue weighted by Gasteiger charge is 2.13. The van der Waals surface area contributed by atoms with E-state index in [1.807, 2.05) is 30.3 Å². The zero-order valence-electron chi connectivity index (χ0n) is 10.6. The van der Waals surface area contributed by atoms with Crippen molar-refractivity contribution in [3.8, 4) is 0 Å². The molecule has 0 aliphatic rings. The zero-order chi connectivity index (χ0) is 15.0. The summed E-state index contributed by atoms with van der Waals surface area (Å²) in [6.07, 6.45) is 0. The molecule has 3 N–H and O–H groups in total. The molecule has 21 heavy (non-hydrogen) atoms. The van der Waals surface area contributed by atoms with Crippen LogP contribution in [0.5, 0.6) is 0 Å². The van der Waals surface area contributed by atoms with Crippen LogP contribution in [0.2, 0.25) is 0 Å². The smallest absolute Gasteiger partial charge is 0.258 e. The van der Waals surface area contributed by atoms with E-state index in [4.69, 9.17) is 5.73 Å². The second-order valence-corrected chi connectivity index (χ2v) is 7.46. The van der Waals surface area contributed by atoms with Gasteiger partial charge in [0.05, 0.1) is 15.8 Å². The van der Waals surface area contributed by atoms with Crippen LogP contribution in [0, 0.1) is 3.57 Å². The van der Waals surface area contributed by atoms with Crippen molar-refractivity contribution in [3.05, 3.63) is 50.0 Å². The SMILES string of the molecule is Nc1ccc2nc(NC(=O)c3cc(I)ccc3Br)sc2c1. The number of aromatic nitrogens is 1. The quantitative estimate of drug-likeness (QED) is 0.425. The van der Waals surface area contributed by atoms with Crippen LogP contribution in [0.4, 0.5) is 10.8 Å². The first kappa shape index (κ1) is 14.7. The number of fused-ring (bicyclic) bond motifs is 1. The number of rotatable bonds is 2. The number of amides is 1. The summed E-state index contributed by atoms with van der Waals surface area (Å²) in [5.41, 5.74) is 7.84. The van der Waals surface area contributed by atoms with E-state index in [0.29, 0.717) is 16.4 Å². The summed E-state index contributed by atoms with van der Waals surface area (Å²) in [4.78, 5) is 16.7. The van der Waals surface area contributed by atoms with Crippen molar-refractivity contribution in [2.75, 3.05) is 11.1 Å². The van der Waals surface area contributed by atoms with Crippen LogP contribution < -0.4 is 11.1 Å². The number of nitrogen functional groups attached to an aromatic ring is 1. The summed E-state index contributed by atoms with van der Waals surface area (Å²) in [6.45, 7) is 0. The van der Waals surface area contributed by atoms with Gasteiger partial charge in [-0.05, 0) is 74.9 Å². The van der Waals surface area contributed by atoms with Crippen molar-refractivity contribution in [3.63, 3.8) is 0 Å². The molecule has 1 heterocycles. The van der Waals surface area contributed by atoms with Gasteiger partial charge in [0.1, 0.15) is 0 Å². The van der Waals surface area contributed by atoms with Crippen LogP contribution in [0.3, 0.4) is 0 Å². The van der Waals surface area contributed by atoms with Gasteiger partial charge in [-0.25, -0.2) is 4.98 Å². The molecule has 0 unspecified atom stereocenters. The average molecular weight is 474 g/mol. The normalized spacial score (nSPS) is 10.8. The summed E-state index contributed by atoms with van der Waals surface area (Å²) in [5, 5.41) is 3.39. The van der Waals surface area contributed by atoms with Gasteiger partial charge in [-0.15, -0.1) is 0 Å². The maximum atomic E-state index is 12.3. The number of nitrogens with one attached hydrogen (secondary N) is 1. The van der Waals surface area contributed by atoms with Gasteiger partial charge in [0.2, 0.25) is 0 Å². The number of nitrogens with zero attached hydrogens (tertiary/aromatic N) is 1. The predicted octanol–water partition coefficient (Wildman–Crippen LogP) is 4.50. The lowest BCUT2D eigenvalue weighted by molar-refractivity contribution is 0.102. The van der Waals surface area contributed by atoms with Gasteiger partial charge in [0.25, 0.3) is 5.91 Å².